The van der Waals surface area contributed by atoms with Crippen molar-refractivity contribution in [3.8, 4) is 11.5 Å². The first-order valence-corrected chi connectivity index (χ1v) is 7.04. The standard InChI is InChI=1S/C15H16N2O6/c1-3-4-7-16-12-8-10(17(20)21)5-6-11(12)13(22-2)14(15(16)19)23-9-18/h5-6,8-9H,3-4,7H2,1-2H3. The van der Waals surface area contributed by atoms with Gasteiger partial charge in [-0.05, 0) is 12.5 Å². The van der Waals surface area contributed by atoms with Crippen LogP contribution in [-0.4, -0.2) is 23.1 Å². The topological polar surface area (TPSA) is 101 Å². The summed E-state index contributed by atoms with van der Waals surface area (Å²) in [6, 6.07) is 4.11. The van der Waals surface area contributed by atoms with E-state index in [1.54, 1.807) is 0 Å². The number of unbranched alkanes of at least 4 members (excludes halogenated alkanes) is 1. The number of pyridine rings is 1. The summed E-state index contributed by atoms with van der Waals surface area (Å²) in [6.07, 6.45) is 1.53. The van der Waals surface area contributed by atoms with E-state index in [2.05, 4.69) is 0 Å². The van der Waals surface area contributed by atoms with Crippen LogP contribution in [0, 0.1) is 10.1 Å². The van der Waals surface area contributed by atoms with E-state index in [1.165, 1.54) is 29.9 Å². The van der Waals surface area contributed by atoms with Crippen molar-refractivity contribution in [3.05, 3.63) is 38.7 Å². The van der Waals surface area contributed by atoms with Crippen LogP contribution >= 0.6 is 0 Å². The lowest BCUT2D eigenvalue weighted by molar-refractivity contribution is -0.384. The molecule has 1 aromatic heterocycles. The molecular formula is C15H16N2O6. The lowest BCUT2D eigenvalue weighted by atomic mass is 10.1. The van der Waals surface area contributed by atoms with Crippen molar-refractivity contribution in [3.63, 3.8) is 0 Å². The number of nitro groups is 1. The normalized spacial score (nSPS) is 10.5. The van der Waals surface area contributed by atoms with Crippen LogP contribution in [0.3, 0.4) is 0 Å². The van der Waals surface area contributed by atoms with Crippen LogP contribution in [0.4, 0.5) is 5.69 Å². The molecule has 0 spiro atoms. The highest BCUT2D eigenvalue weighted by atomic mass is 16.6. The summed E-state index contributed by atoms with van der Waals surface area (Å²) >= 11 is 0. The molecule has 8 heteroatoms. The summed E-state index contributed by atoms with van der Waals surface area (Å²) < 4.78 is 11.3. The molecule has 0 saturated heterocycles. The Balaban J connectivity index is 2.87. The number of methoxy groups -OCH3 is 1. The van der Waals surface area contributed by atoms with Crippen molar-refractivity contribution in [1.82, 2.24) is 4.57 Å². The molecule has 2 aromatic rings. The molecule has 1 heterocycles. The van der Waals surface area contributed by atoms with Gasteiger partial charge in [-0.15, -0.1) is 0 Å². The zero-order valence-electron chi connectivity index (χ0n) is 12.8. The number of carbonyl (C=O) groups is 1. The molecule has 0 amide bonds. The van der Waals surface area contributed by atoms with Gasteiger partial charge in [0.1, 0.15) is 0 Å². The highest BCUT2D eigenvalue weighted by Gasteiger charge is 2.21. The van der Waals surface area contributed by atoms with Gasteiger partial charge >= 0.3 is 0 Å². The van der Waals surface area contributed by atoms with E-state index in [1.807, 2.05) is 6.92 Å². The van der Waals surface area contributed by atoms with Gasteiger partial charge < -0.3 is 14.0 Å². The van der Waals surface area contributed by atoms with Gasteiger partial charge in [-0.2, -0.15) is 0 Å². The Labute approximate surface area is 131 Å². The maximum atomic E-state index is 12.6. The highest BCUT2D eigenvalue weighted by molar-refractivity contribution is 5.89. The van der Waals surface area contributed by atoms with Crippen LogP contribution in [0.5, 0.6) is 11.5 Å². The number of ether oxygens (including phenoxy) is 2. The minimum Gasteiger partial charge on any atom is -0.492 e. The molecule has 0 atom stereocenters. The Morgan fingerprint density at radius 1 is 1.35 bits per heavy atom. The first kappa shape index (κ1) is 16.5. The average molecular weight is 320 g/mol. The van der Waals surface area contributed by atoms with E-state index in [9.17, 15) is 19.7 Å². The molecule has 23 heavy (non-hydrogen) atoms. The zero-order valence-corrected chi connectivity index (χ0v) is 12.8. The third-order valence-corrected chi connectivity index (χ3v) is 3.48. The number of nitro benzene ring substituents is 1. The predicted octanol–water partition coefficient (Wildman–Crippen LogP) is 2.25. The molecule has 0 unspecified atom stereocenters. The molecule has 0 bridgehead atoms. The van der Waals surface area contributed by atoms with Crippen LogP contribution < -0.4 is 15.0 Å². The molecule has 0 aliphatic carbocycles. The van der Waals surface area contributed by atoms with Crippen molar-refractivity contribution in [1.29, 1.82) is 0 Å². The third-order valence-electron chi connectivity index (χ3n) is 3.48. The van der Waals surface area contributed by atoms with E-state index in [0.717, 1.165) is 6.42 Å². The third kappa shape index (κ3) is 3.01. The maximum Gasteiger partial charge on any atom is 0.298 e. The van der Waals surface area contributed by atoms with E-state index in [4.69, 9.17) is 9.47 Å². The first-order chi connectivity index (χ1) is 11.0. The molecule has 0 aliphatic rings. The van der Waals surface area contributed by atoms with Gasteiger partial charge in [0.15, 0.2) is 5.75 Å². The van der Waals surface area contributed by atoms with Gasteiger partial charge in [0.2, 0.25) is 5.75 Å². The van der Waals surface area contributed by atoms with E-state index in [-0.39, 0.29) is 23.7 Å². The van der Waals surface area contributed by atoms with E-state index in [0.29, 0.717) is 23.9 Å². The molecule has 0 radical (unpaired) electrons. The molecule has 1 aromatic carbocycles. The number of benzene rings is 1. The number of carbonyl (C=O) groups excluding carboxylic acids is 1. The molecule has 0 aliphatic heterocycles. The average Bonchev–Trinajstić information content (AvgIpc) is 2.54. The highest BCUT2D eigenvalue weighted by Crippen LogP contribution is 2.34. The summed E-state index contributed by atoms with van der Waals surface area (Å²) in [5.41, 5.74) is -0.323. The van der Waals surface area contributed by atoms with Gasteiger partial charge in [-0.25, -0.2) is 0 Å². The molecule has 8 nitrogen and oxygen atoms in total. The lowest BCUT2D eigenvalue weighted by Gasteiger charge is -2.15. The molecule has 0 N–H and O–H groups in total. The second-order valence-electron chi connectivity index (χ2n) is 4.85. The number of non-ortho nitro benzene ring substituents is 1. The number of rotatable bonds is 7. The van der Waals surface area contributed by atoms with Crippen LogP contribution in [0.25, 0.3) is 10.9 Å². The summed E-state index contributed by atoms with van der Waals surface area (Å²) in [5.74, 6) is -0.139. The Hall–Kier alpha value is -2.90. The van der Waals surface area contributed by atoms with Gasteiger partial charge in [-0.3, -0.25) is 19.7 Å². The van der Waals surface area contributed by atoms with Gasteiger partial charge in [0.25, 0.3) is 17.7 Å². The van der Waals surface area contributed by atoms with Crippen molar-refractivity contribution in [2.24, 2.45) is 0 Å². The Morgan fingerprint density at radius 3 is 2.65 bits per heavy atom. The van der Waals surface area contributed by atoms with Gasteiger partial charge in [0, 0.05) is 24.1 Å². The molecule has 2 rings (SSSR count). The summed E-state index contributed by atoms with van der Waals surface area (Å²) in [6.45, 7) is 2.47. The fraction of sp³-hybridized carbons (Fsp3) is 0.333. The number of aromatic nitrogens is 1. The van der Waals surface area contributed by atoms with Crippen LogP contribution in [-0.2, 0) is 11.3 Å². The summed E-state index contributed by atoms with van der Waals surface area (Å²) in [4.78, 5) is 33.7. The van der Waals surface area contributed by atoms with Gasteiger partial charge in [-0.1, -0.05) is 13.3 Å². The van der Waals surface area contributed by atoms with Crippen molar-refractivity contribution < 1.29 is 19.2 Å². The largest absolute Gasteiger partial charge is 0.492 e. The quantitative estimate of drug-likeness (QED) is 0.440. The molecule has 0 fully saturated rings. The fourth-order valence-electron chi connectivity index (χ4n) is 2.39. The Kier molecular flexibility index (Phi) is 4.95. The van der Waals surface area contributed by atoms with E-state index >= 15 is 0 Å². The van der Waals surface area contributed by atoms with Crippen LogP contribution in [0.15, 0.2) is 23.0 Å². The van der Waals surface area contributed by atoms with Gasteiger partial charge in [0.05, 0.1) is 17.5 Å². The number of hydrogen-bond donors (Lipinski definition) is 0. The molecular weight excluding hydrogens is 304 g/mol. The van der Waals surface area contributed by atoms with Crippen molar-refractivity contribution in [2.75, 3.05) is 7.11 Å². The second-order valence-corrected chi connectivity index (χ2v) is 4.85. The van der Waals surface area contributed by atoms with Crippen molar-refractivity contribution >= 4 is 23.1 Å². The Morgan fingerprint density at radius 2 is 2.09 bits per heavy atom. The monoisotopic (exact) mass is 320 g/mol. The van der Waals surface area contributed by atoms with Crippen LogP contribution in [0.1, 0.15) is 19.8 Å². The number of fused-ring (bicyclic) bond motifs is 1. The minimum atomic E-state index is -0.560. The minimum absolute atomic E-state index is 0.0831. The smallest absolute Gasteiger partial charge is 0.298 e. The number of aryl methyl sites for hydroxylation is 1. The predicted molar refractivity (Wildman–Crippen MR) is 83.0 cm³/mol. The van der Waals surface area contributed by atoms with Crippen LogP contribution in [0.2, 0.25) is 0 Å². The molecule has 0 saturated carbocycles. The van der Waals surface area contributed by atoms with E-state index < -0.39 is 10.5 Å². The SMILES string of the molecule is CCCCn1c(=O)c(OC=O)c(OC)c2ccc([N+](=O)[O-])cc21. The fourth-order valence-corrected chi connectivity index (χ4v) is 2.39. The first-order valence-electron chi connectivity index (χ1n) is 7.04. The lowest BCUT2D eigenvalue weighted by Crippen LogP contribution is -2.23. The zero-order chi connectivity index (χ0) is 17.0. The number of hydrogen-bond acceptors (Lipinski definition) is 6. The maximum absolute atomic E-state index is 12.6. The second kappa shape index (κ2) is 6.91. The molecule has 122 valence electrons. The Bertz CT molecular complexity index is 812. The summed E-state index contributed by atoms with van der Waals surface area (Å²) in [5, 5.41) is 11.5. The summed E-state index contributed by atoms with van der Waals surface area (Å²) in [7, 11) is 1.34. The van der Waals surface area contributed by atoms with Crippen molar-refractivity contribution in [2.45, 2.75) is 26.3 Å². The number of nitrogens with zero attached hydrogens (tertiary/aromatic N) is 2.